The summed E-state index contributed by atoms with van der Waals surface area (Å²) in [6.07, 6.45) is 7.71. The second kappa shape index (κ2) is 6.08. The first-order chi connectivity index (χ1) is 12.5. The minimum absolute atomic E-state index is 0.0517. The van der Waals surface area contributed by atoms with Gasteiger partial charge in [-0.3, -0.25) is 4.79 Å². The Labute approximate surface area is 156 Å². The van der Waals surface area contributed by atoms with Crippen molar-refractivity contribution in [2.24, 2.45) is 23.2 Å². The summed E-state index contributed by atoms with van der Waals surface area (Å²) in [5, 5.41) is 24.1. The Balaban J connectivity index is 1.28. The van der Waals surface area contributed by atoms with Gasteiger partial charge < -0.3 is 20.5 Å². The van der Waals surface area contributed by atoms with Crippen LogP contribution in [0, 0.1) is 23.2 Å². The number of H-pyrrole nitrogens is 1. The minimum Gasteiger partial charge on any atom is -0.506 e. The fourth-order valence-corrected chi connectivity index (χ4v) is 7.31. The maximum Gasteiger partial charge on any atom is 0.305 e. The van der Waals surface area contributed by atoms with Gasteiger partial charge in [-0.15, -0.1) is 0 Å². The van der Waals surface area contributed by atoms with Crippen molar-refractivity contribution < 1.29 is 10.2 Å². The fourth-order valence-electron chi connectivity index (χ4n) is 6.39. The Morgan fingerprint density at radius 3 is 2.50 bits per heavy atom. The zero-order chi connectivity index (χ0) is 17.9. The number of aromatic amines is 1. The molecular weight excluding hydrogens is 348 g/mol. The second-order valence-corrected chi connectivity index (χ2v) is 9.94. The quantitative estimate of drug-likeness (QED) is 0.648. The topological polar surface area (TPSA) is 85.4 Å². The number of benzene rings is 1. The lowest BCUT2D eigenvalue weighted by atomic mass is 9.49. The lowest BCUT2D eigenvalue weighted by Gasteiger charge is -2.57. The van der Waals surface area contributed by atoms with E-state index in [0.29, 0.717) is 27.7 Å². The summed E-state index contributed by atoms with van der Waals surface area (Å²) < 4.78 is 0.652. The minimum atomic E-state index is -0.682. The number of hydrogen-bond donors (Lipinski definition) is 4. The molecule has 5 nitrogen and oxygen atoms in total. The van der Waals surface area contributed by atoms with Crippen molar-refractivity contribution in [1.29, 1.82) is 0 Å². The Kier molecular flexibility index (Phi) is 3.92. The number of aliphatic hydroxyl groups is 1. The van der Waals surface area contributed by atoms with Crippen LogP contribution >= 0.6 is 11.3 Å². The van der Waals surface area contributed by atoms with Crippen molar-refractivity contribution in [3.8, 4) is 5.75 Å². The van der Waals surface area contributed by atoms with Gasteiger partial charge in [0.1, 0.15) is 11.3 Å². The highest BCUT2D eigenvalue weighted by molar-refractivity contribution is 7.16. The first-order valence-electron chi connectivity index (χ1n) is 9.75. The number of nitrogens with one attached hydrogen (secondary N) is 2. The Hall–Kier alpha value is -1.37. The highest BCUT2D eigenvalue weighted by atomic mass is 32.1. The molecule has 1 heterocycles. The first-order valence-corrected chi connectivity index (χ1v) is 10.6. The lowest BCUT2D eigenvalue weighted by Crippen LogP contribution is -2.50. The summed E-state index contributed by atoms with van der Waals surface area (Å²) in [7, 11) is 0. The van der Waals surface area contributed by atoms with Crippen molar-refractivity contribution in [3.05, 3.63) is 27.4 Å². The Morgan fingerprint density at radius 1 is 1.19 bits per heavy atom. The lowest BCUT2D eigenvalue weighted by molar-refractivity contribution is -0.0521. The molecule has 0 radical (unpaired) electrons. The van der Waals surface area contributed by atoms with Crippen molar-refractivity contribution >= 4 is 21.6 Å². The predicted octanol–water partition coefficient (Wildman–Crippen LogP) is 3.13. The monoisotopic (exact) mass is 374 g/mol. The molecule has 6 heteroatoms. The normalized spacial score (nSPS) is 33.8. The van der Waals surface area contributed by atoms with Gasteiger partial charge >= 0.3 is 4.87 Å². The molecule has 4 N–H and O–H groups in total. The highest BCUT2D eigenvalue weighted by Crippen LogP contribution is 2.59. The molecule has 0 spiro atoms. The van der Waals surface area contributed by atoms with Gasteiger partial charge in [0.15, 0.2) is 0 Å². The van der Waals surface area contributed by atoms with Crippen LogP contribution in [0.3, 0.4) is 0 Å². The Bertz CT molecular complexity index is 852. The highest BCUT2D eigenvalue weighted by Gasteiger charge is 2.50. The van der Waals surface area contributed by atoms with E-state index < -0.39 is 6.10 Å². The molecule has 6 rings (SSSR count). The van der Waals surface area contributed by atoms with Crippen LogP contribution in [-0.4, -0.2) is 28.3 Å². The number of thiazole rings is 1. The van der Waals surface area contributed by atoms with Crippen molar-refractivity contribution in [3.63, 3.8) is 0 Å². The van der Waals surface area contributed by atoms with Crippen LogP contribution in [0.25, 0.3) is 10.2 Å². The maximum absolute atomic E-state index is 11.6. The predicted molar refractivity (Wildman–Crippen MR) is 103 cm³/mol. The second-order valence-electron chi connectivity index (χ2n) is 8.96. The van der Waals surface area contributed by atoms with E-state index in [0.717, 1.165) is 35.6 Å². The molecule has 1 atom stereocenters. The van der Waals surface area contributed by atoms with Crippen molar-refractivity contribution in [1.82, 2.24) is 10.3 Å². The van der Waals surface area contributed by atoms with Gasteiger partial charge in [0.25, 0.3) is 0 Å². The molecular formula is C20H26N2O3S. The van der Waals surface area contributed by atoms with E-state index in [1.165, 1.54) is 38.5 Å². The zero-order valence-electron chi connectivity index (χ0n) is 14.8. The number of aromatic nitrogens is 1. The molecule has 4 saturated carbocycles. The van der Waals surface area contributed by atoms with Gasteiger partial charge in [-0.25, -0.2) is 0 Å². The van der Waals surface area contributed by atoms with E-state index in [9.17, 15) is 15.0 Å². The summed E-state index contributed by atoms with van der Waals surface area (Å²) in [6, 6.07) is 3.27. The average molecular weight is 375 g/mol. The standard InChI is InChI=1S/C20H26N2O3S/c23-15-2-1-14(18-17(15)22-19(25)26-18)16(24)9-21-10-20-6-11-3-12(7-20)5-13(4-11)8-20/h1-2,11-13,16,21,23-24H,3-10H2,(H,22,25)/t11?,12?,13?,16-,20?/m0/s1. The smallest absolute Gasteiger partial charge is 0.305 e. The van der Waals surface area contributed by atoms with Gasteiger partial charge in [-0.2, -0.15) is 0 Å². The molecule has 0 unspecified atom stereocenters. The number of phenols is 1. The average Bonchev–Trinajstić information content (AvgIpc) is 2.96. The molecule has 4 aliphatic rings. The van der Waals surface area contributed by atoms with Gasteiger partial charge in [0.05, 0.1) is 10.8 Å². The number of fused-ring (bicyclic) bond motifs is 1. The van der Waals surface area contributed by atoms with E-state index in [-0.39, 0.29) is 10.6 Å². The number of aromatic hydroxyl groups is 1. The van der Waals surface area contributed by atoms with E-state index in [4.69, 9.17) is 0 Å². The fraction of sp³-hybridized carbons (Fsp3) is 0.650. The van der Waals surface area contributed by atoms with Crippen LogP contribution in [0.2, 0.25) is 0 Å². The number of aliphatic hydroxyl groups excluding tert-OH is 1. The summed E-state index contributed by atoms with van der Waals surface area (Å²) in [4.78, 5) is 14.1. The number of hydrogen-bond acceptors (Lipinski definition) is 5. The van der Waals surface area contributed by atoms with Crippen LogP contribution < -0.4 is 10.2 Å². The zero-order valence-corrected chi connectivity index (χ0v) is 15.6. The number of rotatable bonds is 5. The van der Waals surface area contributed by atoms with E-state index >= 15 is 0 Å². The van der Waals surface area contributed by atoms with Crippen LogP contribution in [0.5, 0.6) is 5.75 Å². The van der Waals surface area contributed by atoms with Crippen LogP contribution in [0.4, 0.5) is 0 Å². The molecule has 4 fully saturated rings. The Morgan fingerprint density at radius 2 is 1.85 bits per heavy atom. The third-order valence-corrected chi connectivity index (χ3v) is 7.88. The van der Waals surface area contributed by atoms with E-state index in [2.05, 4.69) is 10.3 Å². The van der Waals surface area contributed by atoms with Crippen molar-refractivity contribution in [2.75, 3.05) is 13.1 Å². The molecule has 4 bridgehead atoms. The van der Waals surface area contributed by atoms with E-state index in [1.807, 2.05) is 0 Å². The van der Waals surface area contributed by atoms with E-state index in [1.54, 1.807) is 12.1 Å². The summed E-state index contributed by atoms with van der Waals surface area (Å²) >= 11 is 1.04. The van der Waals surface area contributed by atoms with Crippen LogP contribution in [0.1, 0.15) is 50.2 Å². The van der Waals surface area contributed by atoms with Crippen molar-refractivity contribution in [2.45, 2.75) is 44.6 Å². The SMILES string of the molecule is O=c1[nH]c2c(O)ccc([C@@H](O)CNCC34CC5CC(CC(C5)C3)C4)c2s1. The van der Waals surface area contributed by atoms with Crippen LogP contribution in [0.15, 0.2) is 16.9 Å². The van der Waals surface area contributed by atoms with Gasteiger partial charge in [-0.1, -0.05) is 17.4 Å². The van der Waals surface area contributed by atoms with Gasteiger partial charge in [0, 0.05) is 18.7 Å². The van der Waals surface area contributed by atoms with Crippen LogP contribution in [-0.2, 0) is 0 Å². The van der Waals surface area contributed by atoms with Gasteiger partial charge in [-0.05, 0) is 67.8 Å². The molecule has 0 aliphatic heterocycles. The summed E-state index contributed by atoms with van der Waals surface area (Å²) in [5.74, 6) is 2.85. The molecule has 140 valence electrons. The third kappa shape index (κ3) is 2.79. The molecule has 2 aromatic rings. The molecule has 26 heavy (non-hydrogen) atoms. The molecule has 4 aliphatic carbocycles. The molecule has 1 aromatic heterocycles. The first kappa shape index (κ1) is 16.8. The molecule has 0 amide bonds. The van der Waals surface area contributed by atoms with Gasteiger partial charge in [0.2, 0.25) is 0 Å². The number of phenolic OH excluding ortho intramolecular Hbond substituents is 1. The third-order valence-electron chi connectivity index (χ3n) is 6.95. The molecule has 0 saturated heterocycles. The summed E-state index contributed by atoms with van der Waals surface area (Å²) in [6.45, 7) is 1.46. The largest absolute Gasteiger partial charge is 0.506 e. The molecule has 1 aromatic carbocycles. The maximum atomic E-state index is 11.6. The summed E-state index contributed by atoms with van der Waals surface area (Å²) in [5.41, 5.74) is 1.58.